The Bertz CT molecular complexity index is 717. The molecule has 0 fully saturated rings. The van der Waals surface area contributed by atoms with E-state index in [9.17, 15) is 9.59 Å². The Labute approximate surface area is 148 Å². The van der Waals surface area contributed by atoms with Gasteiger partial charge in [-0.05, 0) is 30.7 Å². The van der Waals surface area contributed by atoms with Gasteiger partial charge in [-0.3, -0.25) is 4.79 Å². The number of amides is 1. The van der Waals surface area contributed by atoms with Crippen LogP contribution in [0.2, 0.25) is 0 Å². The Morgan fingerprint density at radius 1 is 1.20 bits per heavy atom. The molecule has 0 bridgehead atoms. The van der Waals surface area contributed by atoms with Crippen LogP contribution in [-0.4, -0.2) is 58.2 Å². The van der Waals surface area contributed by atoms with Crippen LogP contribution in [0.4, 0.5) is 5.69 Å². The summed E-state index contributed by atoms with van der Waals surface area (Å²) in [5.41, 5.74) is 3.14. The largest absolute Gasteiger partial charge is 0.465 e. The van der Waals surface area contributed by atoms with Crippen molar-refractivity contribution in [1.29, 1.82) is 0 Å². The number of ether oxygens (including phenoxy) is 2. The molecule has 6 nitrogen and oxygen atoms in total. The second kappa shape index (κ2) is 7.98. The first-order chi connectivity index (χ1) is 11.9. The summed E-state index contributed by atoms with van der Waals surface area (Å²) in [6, 6.07) is 7.75. The number of benzene rings is 1. The molecule has 1 aromatic carbocycles. The molecule has 1 aliphatic heterocycles. The van der Waals surface area contributed by atoms with E-state index in [2.05, 4.69) is 0 Å². The number of esters is 1. The summed E-state index contributed by atoms with van der Waals surface area (Å²) in [6.07, 6.45) is 1.73. The third-order valence-electron chi connectivity index (χ3n) is 4.14. The Morgan fingerprint density at radius 3 is 2.36 bits per heavy atom. The van der Waals surface area contributed by atoms with E-state index in [0.717, 1.165) is 11.3 Å². The average molecular weight is 344 g/mol. The first kappa shape index (κ1) is 18.7. The summed E-state index contributed by atoms with van der Waals surface area (Å²) in [4.78, 5) is 28.5. The van der Waals surface area contributed by atoms with Crippen molar-refractivity contribution in [1.82, 2.24) is 4.90 Å². The predicted octanol–water partition coefficient (Wildman–Crippen LogP) is 2.07. The van der Waals surface area contributed by atoms with Crippen molar-refractivity contribution in [2.45, 2.75) is 6.92 Å². The van der Waals surface area contributed by atoms with E-state index in [-0.39, 0.29) is 5.91 Å². The van der Waals surface area contributed by atoms with Crippen LogP contribution in [0, 0.1) is 0 Å². The Kier molecular flexibility index (Phi) is 5.98. The van der Waals surface area contributed by atoms with Crippen molar-refractivity contribution in [2.24, 2.45) is 0 Å². The maximum Gasteiger partial charge on any atom is 0.340 e. The zero-order chi connectivity index (χ0) is 18.6. The Hall–Kier alpha value is -2.60. The van der Waals surface area contributed by atoms with Gasteiger partial charge in [-0.2, -0.15) is 0 Å². The SMILES string of the molecule is COCCN1C(=O)/C(=C\c2ccc(N(C)C)cc2)C(C(=O)OC)=C1C. The highest BCUT2D eigenvalue weighted by molar-refractivity contribution is 6.16. The van der Waals surface area contributed by atoms with Crippen LogP contribution in [-0.2, 0) is 19.1 Å². The van der Waals surface area contributed by atoms with Gasteiger partial charge in [0.2, 0.25) is 0 Å². The molecule has 1 heterocycles. The van der Waals surface area contributed by atoms with Crippen molar-refractivity contribution in [3.63, 3.8) is 0 Å². The number of methoxy groups -OCH3 is 2. The number of hydrogen-bond acceptors (Lipinski definition) is 5. The zero-order valence-electron chi connectivity index (χ0n) is 15.3. The molecular weight excluding hydrogens is 320 g/mol. The van der Waals surface area contributed by atoms with Crippen LogP contribution in [0.1, 0.15) is 12.5 Å². The van der Waals surface area contributed by atoms with Gasteiger partial charge in [0.05, 0.1) is 24.9 Å². The average Bonchev–Trinajstić information content (AvgIpc) is 2.83. The summed E-state index contributed by atoms with van der Waals surface area (Å²) in [5.74, 6) is -0.728. The summed E-state index contributed by atoms with van der Waals surface area (Å²) in [5, 5.41) is 0. The number of rotatable bonds is 6. The molecule has 1 aliphatic rings. The van der Waals surface area contributed by atoms with Crippen molar-refractivity contribution < 1.29 is 19.1 Å². The lowest BCUT2D eigenvalue weighted by Gasteiger charge is -2.16. The molecule has 25 heavy (non-hydrogen) atoms. The Morgan fingerprint density at radius 2 is 1.84 bits per heavy atom. The molecule has 0 unspecified atom stereocenters. The molecule has 1 amide bonds. The fraction of sp³-hybridized carbons (Fsp3) is 0.368. The molecule has 1 aromatic rings. The topological polar surface area (TPSA) is 59.1 Å². The molecule has 0 aromatic heterocycles. The first-order valence-corrected chi connectivity index (χ1v) is 8.00. The second-order valence-corrected chi connectivity index (χ2v) is 5.95. The minimum atomic E-state index is -0.512. The van der Waals surface area contributed by atoms with Crippen LogP contribution >= 0.6 is 0 Å². The zero-order valence-corrected chi connectivity index (χ0v) is 15.3. The Balaban J connectivity index is 2.42. The summed E-state index contributed by atoms with van der Waals surface area (Å²) in [7, 11) is 6.81. The number of carbonyl (C=O) groups excluding carboxylic acids is 2. The van der Waals surface area contributed by atoms with Gasteiger partial charge < -0.3 is 19.3 Å². The summed E-state index contributed by atoms with van der Waals surface area (Å²) < 4.78 is 9.92. The van der Waals surface area contributed by atoms with Gasteiger partial charge in [0.15, 0.2) is 0 Å². The van der Waals surface area contributed by atoms with E-state index in [1.807, 2.05) is 43.3 Å². The second-order valence-electron chi connectivity index (χ2n) is 5.95. The number of anilines is 1. The molecule has 0 spiro atoms. The minimum absolute atomic E-state index is 0.216. The normalized spacial score (nSPS) is 16.0. The van der Waals surface area contributed by atoms with E-state index >= 15 is 0 Å². The van der Waals surface area contributed by atoms with Gasteiger partial charge in [0.1, 0.15) is 0 Å². The molecule has 6 heteroatoms. The lowest BCUT2D eigenvalue weighted by atomic mass is 10.0. The molecule has 0 atom stereocenters. The van der Waals surface area contributed by atoms with Gasteiger partial charge in [-0.25, -0.2) is 4.79 Å². The molecule has 0 N–H and O–H groups in total. The van der Waals surface area contributed by atoms with Gasteiger partial charge in [0, 0.05) is 39.1 Å². The molecule has 2 rings (SSSR count). The van der Waals surface area contributed by atoms with Crippen LogP contribution in [0.25, 0.3) is 6.08 Å². The highest BCUT2D eigenvalue weighted by atomic mass is 16.5. The highest BCUT2D eigenvalue weighted by Crippen LogP contribution is 2.31. The molecule has 134 valence electrons. The number of nitrogens with zero attached hydrogens (tertiary/aromatic N) is 2. The third kappa shape index (κ3) is 3.91. The van der Waals surface area contributed by atoms with E-state index in [0.29, 0.717) is 30.0 Å². The van der Waals surface area contributed by atoms with Gasteiger partial charge in [-0.15, -0.1) is 0 Å². The predicted molar refractivity (Wildman–Crippen MR) is 97.1 cm³/mol. The smallest absolute Gasteiger partial charge is 0.340 e. The fourth-order valence-corrected chi connectivity index (χ4v) is 2.72. The lowest BCUT2D eigenvalue weighted by molar-refractivity contribution is -0.136. The molecule has 0 radical (unpaired) electrons. The molecular formula is C19H24N2O4. The van der Waals surface area contributed by atoms with Crippen LogP contribution < -0.4 is 4.90 Å². The maximum absolute atomic E-state index is 12.8. The summed E-state index contributed by atoms with van der Waals surface area (Å²) >= 11 is 0. The standard InChI is InChI=1S/C19H24N2O4/c1-13-17(19(23)25-5)16(18(22)21(13)10-11-24-4)12-14-6-8-15(9-7-14)20(2)3/h6-9,12H,10-11H2,1-5H3/b16-12-. The van der Waals surface area contributed by atoms with Crippen molar-refractivity contribution >= 4 is 23.6 Å². The number of allylic oxidation sites excluding steroid dienone is 1. The van der Waals surface area contributed by atoms with Crippen molar-refractivity contribution in [3.05, 3.63) is 46.7 Å². The summed E-state index contributed by atoms with van der Waals surface area (Å²) in [6.45, 7) is 2.52. The van der Waals surface area contributed by atoms with Crippen LogP contribution in [0.15, 0.2) is 41.1 Å². The third-order valence-corrected chi connectivity index (χ3v) is 4.14. The molecule has 0 aliphatic carbocycles. The minimum Gasteiger partial charge on any atom is -0.465 e. The highest BCUT2D eigenvalue weighted by Gasteiger charge is 2.36. The lowest BCUT2D eigenvalue weighted by Crippen LogP contribution is -2.28. The van der Waals surface area contributed by atoms with Crippen LogP contribution in [0.5, 0.6) is 0 Å². The van der Waals surface area contributed by atoms with Crippen molar-refractivity contribution in [3.8, 4) is 0 Å². The van der Waals surface area contributed by atoms with Crippen molar-refractivity contribution in [2.75, 3.05) is 46.4 Å². The van der Waals surface area contributed by atoms with Gasteiger partial charge >= 0.3 is 5.97 Å². The van der Waals surface area contributed by atoms with Crippen LogP contribution in [0.3, 0.4) is 0 Å². The van der Waals surface area contributed by atoms with E-state index in [1.54, 1.807) is 25.0 Å². The van der Waals surface area contributed by atoms with Gasteiger partial charge in [0.25, 0.3) is 5.91 Å². The van der Waals surface area contributed by atoms with Gasteiger partial charge in [-0.1, -0.05) is 12.1 Å². The maximum atomic E-state index is 12.8. The first-order valence-electron chi connectivity index (χ1n) is 8.00. The number of hydrogen-bond donors (Lipinski definition) is 0. The quantitative estimate of drug-likeness (QED) is 0.584. The fourth-order valence-electron chi connectivity index (χ4n) is 2.72. The monoisotopic (exact) mass is 344 g/mol. The van der Waals surface area contributed by atoms with E-state index in [4.69, 9.17) is 9.47 Å². The molecule has 0 saturated heterocycles. The van der Waals surface area contributed by atoms with E-state index in [1.165, 1.54) is 7.11 Å². The molecule has 0 saturated carbocycles. The van der Waals surface area contributed by atoms with E-state index < -0.39 is 5.97 Å². The number of carbonyl (C=O) groups is 2.